The Bertz CT molecular complexity index is 679. The molecule has 1 amide bonds. The van der Waals surface area contributed by atoms with E-state index in [-0.39, 0.29) is 30.5 Å². The first-order valence-corrected chi connectivity index (χ1v) is 8.48. The van der Waals surface area contributed by atoms with Gasteiger partial charge >= 0.3 is 0 Å². The molecule has 0 aliphatic carbocycles. The zero-order chi connectivity index (χ0) is 16.3. The predicted octanol–water partition coefficient (Wildman–Crippen LogP) is 1.21. The zero-order valence-electron chi connectivity index (χ0n) is 11.5. The van der Waals surface area contributed by atoms with Crippen molar-refractivity contribution in [1.29, 1.82) is 0 Å². The van der Waals surface area contributed by atoms with Crippen LogP contribution in [0.4, 0.5) is 18.9 Å². The monoisotopic (exact) mass is 336 g/mol. The predicted molar refractivity (Wildman–Crippen MR) is 74.6 cm³/mol. The van der Waals surface area contributed by atoms with Crippen molar-refractivity contribution in [2.45, 2.75) is 18.9 Å². The molecule has 1 atom stereocenters. The molecule has 22 heavy (non-hydrogen) atoms. The van der Waals surface area contributed by atoms with E-state index in [0.717, 1.165) is 12.1 Å². The van der Waals surface area contributed by atoms with E-state index in [1.54, 1.807) is 0 Å². The molecule has 1 heterocycles. The van der Waals surface area contributed by atoms with Gasteiger partial charge in [-0.15, -0.1) is 0 Å². The third-order valence-corrected chi connectivity index (χ3v) is 5.09. The van der Waals surface area contributed by atoms with E-state index >= 15 is 0 Å². The summed E-state index contributed by atoms with van der Waals surface area (Å²) in [7, 11) is -3.00. The lowest BCUT2D eigenvalue weighted by atomic mass is 10.2. The topological polar surface area (TPSA) is 75.3 Å². The summed E-state index contributed by atoms with van der Waals surface area (Å²) in [6.45, 7) is 0.206. The van der Waals surface area contributed by atoms with E-state index < -0.39 is 38.9 Å². The van der Waals surface area contributed by atoms with Crippen molar-refractivity contribution in [2.24, 2.45) is 0 Å². The minimum absolute atomic E-state index is 0.0341. The maximum atomic E-state index is 13.4. The van der Waals surface area contributed by atoms with Crippen LogP contribution in [0.15, 0.2) is 12.1 Å². The summed E-state index contributed by atoms with van der Waals surface area (Å²) in [5.41, 5.74) is -0.438. The second-order valence-corrected chi connectivity index (χ2v) is 7.30. The number of carbonyl (C=O) groups is 1. The molecule has 9 heteroatoms. The zero-order valence-corrected chi connectivity index (χ0v) is 12.4. The molecule has 5 nitrogen and oxygen atoms in total. The Hall–Kier alpha value is -1.61. The van der Waals surface area contributed by atoms with E-state index in [9.17, 15) is 26.4 Å². The standard InChI is InChI=1S/C13H15F3N2O3S/c14-9-1-2-10(13(16)12(9)15)18-11(19)3-5-17-8-4-6-22(20,21)7-8/h1-2,8,17H,3-7H2,(H,18,19). The van der Waals surface area contributed by atoms with Crippen molar-refractivity contribution in [3.63, 3.8) is 0 Å². The lowest BCUT2D eigenvalue weighted by Gasteiger charge is -2.11. The highest BCUT2D eigenvalue weighted by Gasteiger charge is 2.27. The number of anilines is 1. The number of carbonyl (C=O) groups excluding carboxylic acids is 1. The van der Waals surface area contributed by atoms with Crippen LogP contribution in [-0.4, -0.2) is 38.4 Å². The maximum absolute atomic E-state index is 13.4. The Morgan fingerprint density at radius 2 is 1.95 bits per heavy atom. The van der Waals surface area contributed by atoms with Gasteiger partial charge in [0.05, 0.1) is 17.2 Å². The molecule has 2 rings (SSSR count). The first-order valence-electron chi connectivity index (χ1n) is 6.65. The molecule has 1 unspecified atom stereocenters. The summed E-state index contributed by atoms with van der Waals surface area (Å²) in [6.07, 6.45) is 0.441. The minimum Gasteiger partial charge on any atom is -0.323 e. The molecule has 0 spiro atoms. The smallest absolute Gasteiger partial charge is 0.225 e. The summed E-state index contributed by atoms with van der Waals surface area (Å²) < 4.78 is 61.6. The Balaban J connectivity index is 1.80. The van der Waals surface area contributed by atoms with Gasteiger partial charge in [-0.2, -0.15) is 0 Å². The second kappa shape index (κ2) is 6.66. The van der Waals surface area contributed by atoms with Gasteiger partial charge < -0.3 is 10.6 Å². The average molecular weight is 336 g/mol. The summed E-state index contributed by atoms with van der Waals surface area (Å²) in [4.78, 5) is 11.6. The van der Waals surface area contributed by atoms with Crippen LogP contribution >= 0.6 is 0 Å². The fourth-order valence-electron chi connectivity index (χ4n) is 2.18. The average Bonchev–Trinajstić information content (AvgIpc) is 2.79. The van der Waals surface area contributed by atoms with Gasteiger partial charge in [0.15, 0.2) is 27.3 Å². The van der Waals surface area contributed by atoms with E-state index in [1.165, 1.54) is 0 Å². The van der Waals surface area contributed by atoms with Crippen LogP contribution in [0.5, 0.6) is 0 Å². The number of halogens is 3. The fourth-order valence-corrected chi connectivity index (χ4v) is 3.89. The highest BCUT2D eigenvalue weighted by molar-refractivity contribution is 7.91. The molecule has 0 saturated carbocycles. The molecular formula is C13H15F3N2O3S. The van der Waals surface area contributed by atoms with E-state index in [0.29, 0.717) is 6.42 Å². The van der Waals surface area contributed by atoms with Gasteiger partial charge in [-0.05, 0) is 18.6 Å². The van der Waals surface area contributed by atoms with Gasteiger partial charge in [-0.3, -0.25) is 4.79 Å². The summed E-state index contributed by atoms with van der Waals surface area (Å²) >= 11 is 0. The number of hydrogen-bond acceptors (Lipinski definition) is 4. The lowest BCUT2D eigenvalue weighted by molar-refractivity contribution is -0.116. The summed E-state index contributed by atoms with van der Waals surface area (Å²) in [5, 5.41) is 5.06. The molecule has 0 radical (unpaired) electrons. The van der Waals surface area contributed by atoms with E-state index in [1.807, 2.05) is 0 Å². The molecule has 0 bridgehead atoms. The Morgan fingerprint density at radius 3 is 2.59 bits per heavy atom. The molecule has 1 fully saturated rings. The van der Waals surface area contributed by atoms with Crippen LogP contribution in [0.3, 0.4) is 0 Å². The SMILES string of the molecule is O=C(CCNC1CCS(=O)(=O)C1)Nc1ccc(F)c(F)c1F. The molecular weight excluding hydrogens is 321 g/mol. The number of nitrogens with one attached hydrogen (secondary N) is 2. The highest BCUT2D eigenvalue weighted by Crippen LogP contribution is 2.19. The van der Waals surface area contributed by atoms with Gasteiger partial charge in [0.25, 0.3) is 0 Å². The molecule has 1 aliphatic heterocycles. The minimum atomic E-state index is -3.00. The number of sulfone groups is 1. The van der Waals surface area contributed by atoms with Crippen LogP contribution in [0, 0.1) is 17.5 Å². The van der Waals surface area contributed by atoms with E-state index in [4.69, 9.17) is 0 Å². The van der Waals surface area contributed by atoms with Crippen LogP contribution in [-0.2, 0) is 14.6 Å². The molecule has 1 aromatic carbocycles. The molecule has 1 aromatic rings. The number of hydrogen-bond donors (Lipinski definition) is 2. The number of amides is 1. The fraction of sp³-hybridized carbons (Fsp3) is 0.462. The van der Waals surface area contributed by atoms with E-state index in [2.05, 4.69) is 10.6 Å². The van der Waals surface area contributed by atoms with Gasteiger partial charge in [0, 0.05) is 19.0 Å². The largest absolute Gasteiger partial charge is 0.323 e. The van der Waals surface area contributed by atoms with Gasteiger partial charge in [-0.1, -0.05) is 0 Å². The first kappa shape index (κ1) is 16.8. The third kappa shape index (κ3) is 4.20. The first-order chi connectivity index (χ1) is 10.3. The lowest BCUT2D eigenvalue weighted by Crippen LogP contribution is -2.32. The number of rotatable bonds is 5. The Kier molecular flexibility index (Phi) is 5.07. The van der Waals surface area contributed by atoms with Crippen LogP contribution in [0.25, 0.3) is 0 Å². The van der Waals surface area contributed by atoms with Crippen molar-refractivity contribution in [3.8, 4) is 0 Å². The Morgan fingerprint density at radius 1 is 1.23 bits per heavy atom. The van der Waals surface area contributed by atoms with Gasteiger partial charge in [0.1, 0.15) is 0 Å². The van der Waals surface area contributed by atoms with Crippen molar-refractivity contribution in [2.75, 3.05) is 23.4 Å². The maximum Gasteiger partial charge on any atom is 0.225 e. The molecule has 1 saturated heterocycles. The normalized spacial score (nSPS) is 20.0. The quantitative estimate of drug-likeness (QED) is 0.793. The molecule has 2 N–H and O–H groups in total. The van der Waals surface area contributed by atoms with Crippen molar-refractivity contribution in [3.05, 3.63) is 29.6 Å². The van der Waals surface area contributed by atoms with Crippen molar-refractivity contribution >= 4 is 21.4 Å². The van der Waals surface area contributed by atoms with Gasteiger partial charge in [0.2, 0.25) is 5.91 Å². The number of benzene rings is 1. The van der Waals surface area contributed by atoms with Gasteiger partial charge in [-0.25, -0.2) is 21.6 Å². The molecule has 0 aromatic heterocycles. The van der Waals surface area contributed by atoms with Crippen molar-refractivity contribution in [1.82, 2.24) is 5.32 Å². The third-order valence-electron chi connectivity index (χ3n) is 3.33. The molecule has 1 aliphatic rings. The molecule has 122 valence electrons. The summed E-state index contributed by atoms with van der Waals surface area (Å²) in [6, 6.07) is 1.45. The Labute approximate surface area is 125 Å². The second-order valence-electron chi connectivity index (χ2n) is 5.08. The summed E-state index contributed by atoms with van der Waals surface area (Å²) in [5.74, 6) is -4.86. The van der Waals surface area contributed by atoms with Crippen LogP contribution in [0.1, 0.15) is 12.8 Å². The van der Waals surface area contributed by atoms with Crippen molar-refractivity contribution < 1.29 is 26.4 Å². The highest BCUT2D eigenvalue weighted by atomic mass is 32.2. The van der Waals surface area contributed by atoms with Crippen LogP contribution in [0.2, 0.25) is 0 Å². The van der Waals surface area contributed by atoms with Crippen LogP contribution < -0.4 is 10.6 Å².